The van der Waals surface area contributed by atoms with Gasteiger partial charge >= 0.3 is 5.97 Å². The van der Waals surface area contributed by atoms with Gasteiger partial charge in [-0.05, 0) is 29.8 Å². The summed E-state index contributed by atoms with van der Waals surface area (Å²) in [5.41, 5.74) is 5.38. The molecule has 0 radical (unpaired) electrons. The standard InChI is InChI=1S/C17H14Cl2N2O4/c18-13-7-6-11(8-14(13)19)9-16(23)25-10-15(22)20-21-17(24)12-4-2-1-3-5-12/h1-8H,9-10H2,(H,20,22)(H,21,24). The van der Waals surface area contributed by atoms with Crippen LogP contribution in [0.4, 0.5) is 0 Å². The van der Waals surface area contributed by atoms with E-state index in [0.717, 1.165) is 0 Å². The predicted octanol–water partition coefficient (Wildman–Crippen LogP) is 2.54. The Balaban J connectivity index is 1.73. The van der Waals surface area contributed by atoms with E-state index in [1.807, 2.05) is 0 Å². The highest BCUT2D eigenvalue weighted by Gasteiger charge is 2.11. The fourth-order valence-electron chi connectivity index (χ4n) is 1.84. The number of carbonyl (C=O) groups excluding carboxylic acids is 3. The molecule has 130 valence electrons. The highest BCUT2D eigenvalue weighted by atomic mass is 35.5. The summed E-state index contributed by atoms with van der Waals surface area (Å²) in [5, 5.41) is 0.709. The third-order valence-corrected chi connectivity index (χ3v) is 3.79. The maximum atomic E-state index is 11.7. The predicted molar refractivity (Wildman–Crippen MR) is 93.2 cm³/mol. The van der Waals surface area contributed by atoms with Crippen LogP contribution < -0.4 is 10.9 Å². The smallest absolute Gasteiger partial charge is 0.310 e. The molecule has 0 unspecified atom stereocenters. The third-order valence-electron chi connectivity index (χ3n) is 3.05. The Kier molecular flexibility index (Phi) is 6.80. The second-order valence-electron chi connectivity index (χ2n) is 4.95. The average Bonchev–Trinajstić information content (AvgIpc) is 2.61. The molecular weight excluding hydrogens is 367 g/mol. The van der Waals surface area contributed by atoms with Crippen molar-refractivity contribution in [2.24, 2.45) is 0 Å². The van der Waals surface area contributed by atoms with Crippen LogP contribution in [0.2, 0.25) is 10.0 Å². The first-order valence-electron chi connectivity index (χ1n) is 7.19. The minimum Gasteiger partial charge on any atom is -0.455 e. The number of rotatable bonds is 5. The van der Waals surface area contributed by atoms with Crippen LogP contribution in [0.5, 0.6) is 0 Å². The van der Waals surface area contributed by atoms with Crippen molar-refractivity contribution in [2.75, 3.05) is 6.61 Å². The van der Waals surface area contributed by atoms with Crippen LogP contribution in [-0.2, 0) is 20.7 Å². The Morgan fingerprint density at radius 2 is 1.64 bits per heavy atom. The molecular formula is C17H14Cl2N2O4. The van der Waals surface area contributed by atoms with E-state index >= 15 is 0 Å². The summed E-state index contributed by atoms with van der Waals surface area (Å²) in [4.78, 5) is 35.0. The highest BCUT2D eigenvalue weighted by molar-refractivity contribution is 6.42. The molecule has 2 rings (SSSR count). The molecule has 8 heteroatoms. The number of amides is 2. The number of hydrogen-bond acceptors (Lipinski definition) is 4. The average molecular weight is 381 g/mol. The highest BCUT2D eigenvalue weighted by Crippen LogP contribution is 2.22. The minimum atomic E-state index is -0.660. The van der Waals surface area contributed by atoms with E-state index in [9.17, 15) is 14.4 Å². The Morgan fingerprint density at radius 3 is 2.32 bits per heavy atom. The van der Waals surface area contributed by atoms with Crippen LogP contribution in [-0.4, -0.2) is 24.4 Å². The van der Waals surface area contributed by atoms with Crippen molar-refractivity contribution in [3.63, 3.8) is 0 Å². The van der Waals surface area contributed by atoms with E-state index in [1.54, 1.807) is 48.5 Å². The molecule has 0 saturated heterocycles. The molecule has 2 aromatic carbocycles. The number of ether oxygens (including phenoxy) is 1. The Morgan fingerprint density at radius 1 is 0.920 bits per heavy atom. The lowest BCUT2D eigenvalue weighted by Crippen LogP contribution is -2.43. The number of hydrogen-bond donors (Lipinski definition) is 2. The molecule has 2 amide bonds. The van der Waals surface area contributed by atoms with Crippen molar-refractivity contribution < 1.29 is 19.1 Å². The first kappa shape index (κ1) is 18.8. The number of esters is 1. The van der Waals surface area contributed by atoms with Crippen LogP contribution in [0, 0.1) is 0 Å². The zero-order valence-corrected chi connectivity index (χ0v) is 14.4. The van der Waals surface area contributed by atoms with Gasteiger partial charge in [-0.25, -0.2) is 0 Å². The summed E-state index contributed by atoms with van der Waals surface area (Å²) in [6.07, 6.45) is -0.0550. The lowest BCUT2D eigenvalue weighted by atomic mass is 10.1. The second kappa shape index (κ2) is 9.05. The molecule has 0 aliphatic carbocycles. The summed E-state index contributed by atoms with van der Waals surface area (Å²) >= 11 is 11.6. The van der Waals surface area contributed by atoms with Gasteiger partial charge in [0.05, 0.1) is 16.5 Å². The summed E-state index contributed by atoms with van der Waals surface area (Å²) in [6, 6.07) is 13.1. The Hall–Kier alpha value is -2.57. The van der Waals surface area contributed by atoms with Gasteiger partial charge in [0.2, 0.25) is 0 Å². The number of carbonyl (C=O) groups is 3. The SMILES string of the molecule is O=C(COC(=O)Cc1ccc(Cl)c(Cl)c1)NNC(=O)c1ccccc1. The second-order valence-corrected chi connectivity index (χ2v) is 5.77. The normalized spacial score (nSPS) is 10.0. The van der Waals surface area contributed by atoms with Crippen molar-refractivity contribution in [2.45, 2.75) is 6.42 Å². The van der Waals surface area contributed by atoms with E-state index in [2.05, 4.69) is 10.9 Å². The van der Waals surface area contributed by atoms with E-state index in [4.69, 9.17) is 27.9 Å². The molecule has 0 bridgehead atoms. The molecule has 2 N–H and O–H groups in total. The zero-order chi connectivity index (χ0) is 18.2. The van der Waals surface area contributed by atoms with E-state index in [1.165, 1.54) is 0 Å². The van der Waals surface area contributed by atoms with Gasteiger partial charge in [0.1, 0.15) is 0 Å². The van der Waals surface area contributed by atoms with Gasteiger partial charge in [-0.3, -0.25) is 25.2 Å². The van der Waals surface area contributed by atoms with Crippen LogP contribution in [0.3, 0.4) is 0 Å². The van der Waals surface area contributed by atoms with Crippen LogP contribution in [0.25, 0.3) is 0 Å². The molecule has 0 aliphatic heterocycles. The molecule has 0 spiro atoms. The van der Waals surface area contributed by atoms with Crippen LogP contribution >= 0.6 is 23.2 Å². The van der Waals surface area contributed by atoms with E-state index < -0.39 is 24.4 Å². The maximum Gasteiger partial charge on any atom is 0.310 e. The lowest BCUT2D eigenvalue weighted by Gasteiger charge is -2.08. The van der Waals surface area contributed by atoms with Crippen molar-refractivity contribution >= 4 is 41.0 Å². The van der Waals surface area contributed by atoms with E-state index in [0.29, 0.717) is 21.2 Å². The van der Waals surface area contributed by atoms with Crippen molar-refractivity contribution in [1.82, 2.24) is 10.9 Å². The number of hydrazine groups is 1. The van der Waals surface area contributed by atoms with Crippen molar-refractivity contribution in [3.8, 4) is 0 Å². The van der Waals surface area contributed by atoms with Gasteiger partial charge in [0.25, 0.3) is 11.8 Å². The Bertz CT molecular complexity index is 781. The number of halogens is 2. The molecule has 0 aliphatic rings. The minimum absolute atomic E-state index is 0.0550. The topological polar surface area (TPSA) is 84.5 Å². The lowest BCUT2D eigenvalue weighted by molar-refractivity contribution is -0.148. The third kappa shape index (κ3) is 6.10. The summed E-state index contributed by atoms with van der Waals surface area (Å²) in [6.45, 7) is -0.519. The molecule has 0 heterocycles. The molecule has 0 atom stereocenters. The van der Waals surface area contributed by atoms with E-state index in [-0.39, 0.29) is 6.42 Å². The molecule has 6 nitrogen and oxygen atoms in total. The molecule has 0 aromatic heterocycles. The summed E-state index contributed by atoms with van der Waals surface area (Å²) < 4.78 is 4.84. The monoisotopic (exact) mass is 380 g/mol. The van der Waals surface area contributed by atoms with Gasteiger partial charge in [0, 0.05) is 5.56 Å². The van der Waals surface area contributed by atoms with Crippen molar-refractivity contribution in [3.05, 3.63) is 69.7 Å². The largest absolute Gasteiger partial charge is 0.455 e. The Labute approximate surface area is 154 Å². The molecule has 0 saturated carbocycles. The van der Waals surface area contributed by atoms with Gasteiger partial charge in [-0.2, -0.15) is 0 Å². The van der Waals surface area contributed by atoms with Gasteiger partial charge in [-0.1, -0.05) is 47.5 Å². The maximum absolute atomic E-state index is 11.7. The fourth-order valence-corrected chi connectivity index (χ4v) is 2.16. The summed E-state index contributed by atoms with van der Waals surface area (Å²) in [5.74, 6) is -1.74. The fraction of sp³-hybridized carbons (Fsp3) is 0.118. The molecule has 0 fully saturated rings. The van der Waals surface area contributed by atoms with Crippen molar-refractivity contribution in [1.29, 1.82) is 0 Å². The quantitative estimate of drug-likeness (QED) is 0.616. The number of benzene rings is 2. The molecule has 25 heavy (non-hydrogen) atoms. The first-order valence-corrected chi connectivity index (χ1v) is 7.95. The first-order chi connectivity index (χ1) is 12.0. The van der Waals surface area contributed by atoms with Gasteiger partial charge in [-0.15, -0.1) is 0 Å². The van der Waals surface area contributed by atoms with Gasteiger partial charge in [0.15, 0.2) is 6.61 Å². The zero-order valence-electron chi connectivity index (χ0n) is 12.9. The summed E-state index contributed by atoms with van der Waals surface area (Å²) in [7, 11) is 0. The number of nitrogens with one attached hydrogen (secondary N) is 2. The van der Waals surface area contributed by atoms with Crippen LogP contribution in [0.15, 0.2) is 48.5 Å². The van der Waals surface area contributed by atoms with Crippen LogP contribution in [0.1, 0.15) is 15.9 Å². The van der Waals surface area contributed by atoms with Gasteiger partial charge < -0.3 is 4.74 Å². The molecule has 2 aromatic rings.